The van der Waals surface area contributed by atoms with Gasteiger partial charge in [-0.15, -0.1) is 0 Å². The van der Waals surface area contributed by atoms with E-state index in [1.807, 2.05) is 12.1 Å². The molecule has 1 heterocycles. The summed E-state index contributed by atoms with van der Waals surface area (Å²) in [6, 6.07) is 12.0. The highest BCUT2D eigenvalue weighted by Crippen LogP contribution is 2.25. The summed E-state index contributed by atoms with van der Waals surface area (Å²) >= 11 is 11.8. The number of ketones is 1. The monoisotopic (exact) mass is 322 g/mol. The first-order chi connectivity index (χ1) is 10.1. The van der Waals surface area contributed by atoms with Gasteiger partial charge in [-0.3, -0.25) is 4.79 Å². The molecule has 108 valence electrons. The lowest BCUT2D eigenvalue weighted by Crippen LogP contribution is -2.03. The van der Waals surface area contributed by atoms with Crippen LogP contribution in [0.15, 0.2) is 42.5 Å². The fraction of sp³-hybridized carbons (Fsp3) is 0.188. The molecule has 0 spiro atoms. The van der Waals surface area contributed by atoms with E-state index < -0.39 is 0 Å². The van der Waals surface area contributed by atoms with Crippen LogP contribution >= 0.6 is 23.2 Å². The number of hydrogen-bond acceptors (Lipinski definition) is 3. The summed E-state index contributed by atoms with van der Waals surface area (Å²) in [6.45, 7) is 1.18. The van der Waals surface area contributed by atoms with E-state index in [-0.39, 0.29) is 12.1 Å². The van der Waals surface area contributed by atoms with Crippen LogP contribution in [-0.4, -0.2) is 19.0 Å². The van der Waals surface area contributed by atoms with Crippen LogP contribution in [0.3, 0.4) is 0 Å². The molecule has 3 nitrogen and oxygen atoms in total. The summed E-state index contributed by atoms with van der Waals surface area (Å²) in [5.74, 6) is -0.126. The minimum atomic E-state index is -0.338. The lowest BCUT2D eigenvalue weighted by molar-refractivity contribution is -0.0441. The molecule has 0 N–H and O–H groups in total. The molecule has 1 saturated heterocycles. The first-order valence-electron chi connectivity index (χ1n) is 6.47. The molecule has 1 aliphatic rings. The van der Waals surface area contributed by atoms with Crippen molar-refractivity contribution >= 4 is 29.0 Å². The zero-order valence-corrected chi connectivity index (χ0v) is 12.5. The normalized spacial score (nSPS) is 15.3. The Bertz CT molecular complexity index is 641. The Morgan fingerprint density at radius 1 is 0.905 bits per heavy atom. The van der Waals surface area contributed by atoms with E-state index in [1.54, 1.807) is 30.3 Å². The third-order valence-corrected chi connectivity index (χ3v) is 3.63. The molecule has 0 unspecified atom stereocenters. The zero-order chi connectivity index (χ0) is 14.8. The third kappa shape index (κ3) is 3.27. The molecule has 1 aliphatic heterocycles. The largest absolute Gasteiger partial charge is 0.346 e. The van der Waals surface area contributed by atoms with Crippen molar-refractivity contribution in [3.63, 3.8) is 0 Å². The maximum atomic E-state index is 12.4. The van der Waals surface area contributed by atoms with Gasteiger partial charge in [0.05, 0.1) is 13.2 Å². The standard InChI is InChI=1S/C16H12Cl2O3/c17-13-7-12(8-14(18)9-13)15(19)10-1-3-11(4-2-10)16-20-5-6-21-16/h1-4,7-9,16H,5-6H2. The van der Waals surface area contributed by atoms with Crippen molar-refractivity contribution in [3.05, 3.63) is 69.2 Å². The van der Waals surface area contributed by atoms with E-state index in [4.69, 9.17) is 32.7 Å². The highest BCUT2D eigenvalue weighted by Gasteiger charge is 2.18. The van der Waals surface area contributed by atoms with Crippen molar-refractivity contribution in [1.82, 2.24) is 0 Å². The number of hydrogen-bond donors (Lipinski definition) is 0. The maximum Gasteiger partial charge on any atom is 0.193 e. The summed E-state index contributed by atoms with van der Waals surface area (Å²) in [6.07, 6.45) is -0.338. The van der Waals surface area contributed by atoms with Crippen LogP contribution in [0.25, 0.3) is 0 Å². The predicted octanol–water partition coefficient (Wildman–Crippen LogP) is 4.27. The van der Waals surface area contributed by atoms with Gasteiger partial charge >= 0.3 is 0 Å². The van der Waals surface area contributed by atoms with Crippen LogP contribution in [0.4, 0.5) is 0 Å². The first kappa shape index (κ1) is 14.5. The molecule has 0 saturated carbocycles. The average Bonchev–Trinajstić information content (AvgIpc) is 3.00. The van der Waals surface area contributed by atoms with Gasteiger partial charge in [0, 0.05) is 26.7 Å². The van der Waals surface area contributed by atoms with E-state index in [0.29, 0.717) is 34.4 Å². The maximum absolute atomic E-state index is 12.4. The molecule has 0 aromatic heterocycles. The third-order valence-electron chi connectivity index (χ3n) is 3.19. The fourth-order valence-corrected chi connectivity index (χ4v) is 2.72. The number of rotatable bonds is 3. The number of halogens is 2. The zero-order valence-electron chi connectivity index (χ0n) is 11.0. The van der Waals surface area contributed by atoms with Crippen LogP contribution < -0.4 is 0 Å². The van der Waals surface area contributed by atoms with E-state index in [1.165, 1.54) is 0 Å². The van der Waals surface area contributed by atoms with Crippen LogP contribution in [0.5, 0.6) is 0 Å². The van der Waals surface area contributed by atoms with Crippen molar-refractivity contribution in [2.24, 2.45) is 0 Å². The lowest BCUT2D eigenvalue weighted by Gasteiger charge is -2.10. The smallest absolute Gasteiger partial charge is 0.193 e. The topological polar surface area (TPSA) is 35.5 Å². The Balaban J connectivity index is 1.84. The van der Waals surface area contributed by atoms with E-state index >= 15 is 0 Å². The molecule has 0 radical (unpaired) electrons. The fourth-order valence-electron chi connectivity index (χ4n) is 2.19. The number of benzene rings is 2. The quantitative estimate of drug-likeness (QED) is 0.791. The van der Waals surface area contributed by atoms with Crippen LogP contribution in [0.1, 0.15) is 27.8 Å². The van der Waals surface area contributed by atoms with Gasteiger partial charge in [0.1, 0.15) is 0 Å². The van der Waals surface area contributed by atoms with Gasteiger partial charge in [-0.2, -0.15) is 0 Å². The molecular formula is C16H12Cl2O3. The van der Waals surface area contributed by atoms with Crippen molar-refractivity contribution in [2.75, 3.05) is 13.2 Å². The van der Waals surface area contributed by atoms with Gasteiger partial charge in [-0.05, 0) is 18.2 Å². The molecule has 3 rings (SSSR count). The highest BCUT2D eigenvalue weighted by molar-refractivity contribution is 6.35. The van der Waals surface area contributed by atoms with Crippen LogP contribution in [-0.2, 0) is 9.47 Å². The van der Waals surface area contributed by atoms with E-state index in [9.17, 15) is 4.79 Å². The van der Waals surface area contributed by atoms with Gasteiger partial charge in [-0.25, -0.2) is 0 Å². The Labute approximate surface area is 132 Å². The Hall–Kier alpha value is -1.39. The molecule has 1 fully saturated rings. The molecule has 2 aromatic carbocycles. The van der Waals surface area contributed by atoms with Crippen molar-refractivity contribution in [3.8, 4) is 0 Å². The second-order valence-electron chi connectivity index (χ2n) is 4.68. The minimum Gasteiger partial charge on any atom is -0.346 e. The summed E-state index contributed by atoms with van der Waals surface area (Å²) in [5, 5.41) is 0.880. The molecule has 5 heteroatoms. The Morgan fingerprint density at radius 2 is 1.48 bits per heavy atom. The van der Waals surface area contributed by atoms with Crippen molar-refractivity contribution in [2.45, 2.75) is 6.29 Å². The molecule has 21 heavy (non-hydrogen) atoms. The van der Waals surface area contributed by atoms with Crippen LogP contribution in [0, 0.1) is 0 Å². The SMILES string of the molecule is O=C(c1ccc(C2OCCO2)cc1)c1cc(Cl)cc(Cl)c1. The van der Waals surface area contributed by atoms with Gasteiger partial charge in [0.15, 0.2) is 12.1 Å². The molecule has 0 atom stereocenters. The Kier molecular flexibility index (Phi) is 4.27. The van der Waals surface area contributed by atoms with E-state index in [0.717, 1.165) is 5.56 Å². The van der Waals surface area contributed by atoms with Gasteiger partial charge in [0.25, 0.3) is 0 Å². The summed E-state index contributed by atoms with van der Waals surface area (Å²) in [4.78, 5) is 12.4. The van der Waals surface area contributed by atoms with Gasteiger partial charge in [-0.1, -0.05) is 47.5 Å². The van der Waals surface area contributed by atoms with Crippen molar-refractivity contribution in [1.29, 1.82) is 0 Å². The molecule has 0 bridgehead atoms. The van der Waals surface area contributed by atoms with Crippen LogP contribution in [0.2, 0.25) is 10.0 Å². The first-order valence-corrected chi connectivity index (χ1v) is 7.23. The molecule has 2 aromatic rings. The summed E-state index contributed by atoms with van der Waals surface area (Å²) < 4.78 is 10.8. The average molecular weight is 323 g/mol. The van der Waals surface area contributed by atoms with Gasteiger partial charge in [0.2, 0.25) is 0 Å². The predicted molar refractivity (Wildman–Crippen MR) is 81.0 cm³/mol. The summed E-state index contributed by atoms with van der Waals surface area (Å²) in [7, 11) is 0. The lowest BCUT2D eigenvalue weighted by atomic mass is 10.0. The highest BCUT2D eigenvalue weighted by atomic mass is 35.5. The number of ether oxygens (including phenoxy) is 2. The number of carbonyl (C=O) groups is 1. The Morgan fingerprint density at radius 3 is 2.05 bits per heavy atom. The molecular weight excluding hydrogens is 311 g/mol. The van der Waals surface area contributed by atoms with E-state index in [2.05, 4.69) is 0 Å². The molecule has 0 amide bonds. The second kappa shape index (κ2) is 6.16. The van der Waals surface area contributed by atoms with Gasteiger partial charge < -0.3 is 9.47 Å². The minimum absolute atomic E-state index is 0.126. The number of carbonyl (C=O) groups excluding carboxylic acids is 1. The second-order valence-corrected chi connectivity index (χ2v) is 5.56. The van der Waals surface area contributed by atoms with Crippen molar-refractivity contribution < 1.29 is 14.3 Å². The summed E-state index contributed by atoms with van der Waals surface area (Å²) in [5.41, 5.74) is 1.93. The molecule has 0 aliphatic carbocycles.